The number of sulfonamides is 1. The van der Waals surface area contributed by atoms with E-state index in [0.717, 1.165) is 6.42 Å². The molecule has 0 bridgehead atoms. The molecule has 0 aliphatic heterocycles. The molecule has 1 heterocycles. The van der Waals surface area contributed by atoms with Crippen molar-refractivity contribution in [3.8, 4) is 0 Å². The van der Waals surface area contributed by atoms with Crippen LogP contribution in [-0.2, 0) is 16.4 Å². The molecule has 0 amide bonds. The Hall–Kier alpha value is -1.57. The van der Waals surface area contributed by atoms with Gasteiger partial charge in [0.25, 0.3) is 0 Å². The Morgan fingerprint density at radius 3 is 2.67 bits per heavy atom. The van der Waals surface area contributed by atoms with Gasteiger partial charge in [-0.25, -0.2) is 13.6 Å². The highest BCUT2D eigenvalue weighted by molar-refractivity contribution is 7.89. The van der Waals surface area contributed by atoms with E-state index in [1.807, 2.05) is 12.3 Å². The fourth-order valence-corrected chi connectivity index (χ4v) is 3.75. The number of nitrogens with two attached hydrogens (primary N) is 2. The molecule has 0 aliphatic carbocycles. The van der Waals surface area contributed by atoms with Crippen LogP contribution in [0.25, 0.3) is 0 Å². The molecule has 114 valence electrons. The van der Waals surface area contributed by atoms with Gasteiger partial charge in [0, 0.05) is 17.4 Å². The first-order chi connectivity index (χ1) is 9.77. The maximum atomic E-state index is 11.6. The summed E-state index contributed by atoms with van der Waals surface area (Å²) in [5.41, 5.74) is 8.68. The summed E-state index contributed by atoms with van der Waals surface area (Å²) in [5.74, 6) is 0. The van der Waals surface area contributed by atoms with Crippen molar-refractivity contribution in [3.63, 3.8) is 0 Å². The highest BCUT2D eigenvalue weighted by Gasteiger charge is 2.16. The van der Waals surface area contributed by atoms with E-state index in [4.69, 9.17) is 10.9 Å². The molecule has 5 nitrogen and oxygen atoms in total. The summed E-state index contributed by atoms with van der Waals surface area (Å²) in [7, 11) is -3.78. The standard InChI is InChI=1S/C14H19N3O2S2/c1-9(5-11-3-4-20-8-11)17-13-6-12(15)7-14(10(13)2)21(16,18)19/h3-4,6-9,17H,5,15H2,1-2H3,(H2,16,18,19). The van der Waals surface area contributed by atoms with Gasteiger partial charge in [-0.2, -0.15) is 11.3 Å². The molecule has 0 saturated carbocycles. The maximum absolute atomic E-state index is 11.6. The van der Waals surface area contributed by atoms with E-state index in [1.165, 1.54) is 11.6 Å². The van der Waals surface area contributed by atoms with E-state index in [9.17, 15) is 8.42 Å². The van der Waals surface area contributed by atoms with Crippen LogP contribution in [0.5, 0.6) is 0 Å². The molecule has 0 radical (unpaired) electrons. The van der Waals surface area contributed by atoms with Crippen LogP contribution in [0.4, 0.5) is 11.4 Å². The van der Waals surface area contributed by atoms with Gasteiger partial charge < -0.3 is 11.1 Å². The number of hydrogen-bond donors (Lipinski definition) is 3. The quantitative estimate of drug-likeness (QED) is 0.735. The Kier molecular flexibility index (Phi) is 4.55. The van der Waals surface area contributed by atoms with Crippen molar-refractivity contribution < 1.29 is 8.42 Å². The molecule has 1 aromatic carbocycles. The monoisotopic (exact) mass is 325 g/mol. The number of nitrogen functional groups attached to an aromatic ring is 1. The van der Waals surface area contributed by atoms with Crippen molar-refractivity contribution in [3.05, 3.63) is 40.1 Å². The van der Waals surface area contributed by atoms with Crippen LogP contribution in [0.1, 0.15) is 18.1 Å². The van der Waals surface area contributed by atoms with Crippen molar-refractivity contribution in [2.75, 3.05) is 11.1 Å². The molecular formula is C14H19N3O2S2. The number of primary sulfonamides is 1. The fraction of sp³-hybridized carbons (Fsp3) is 0.286. The van der Waals surface area contributed by atoms with Crippen LogP contribution in [0.15, 0.2) is 33.9 Å². The summed E-state index contributed by atoms with van der Waals surface area (Å²) in [4.78, 5) is 0.0627. The number of nitrogens with one attached hydrogen (secondary N) is 1. The van der Waals surface area contributed by atoms with Crippen LogP contribution in [-0.4, -0.2) is 14.5 Å². The van der Waals surface area contributed by atoms with Gasteiger partial charge in [0.1, 0.15) is 0 Å². The Morgan fingerprint density at radius 1 is 1.38 bits per heavy atom. The predicted octanol–water partition coefficient (Wildman–Crippen LogP) is 2.33. The van der Waals surface area contributed by atoms with Crippen molar-refractivity contribution >= 4 is 32.7 Å². The Balaban J connectivity index is 2.26. The minimum absolute atomic E-state index is 0.0627. The first-order valence-corrected chi connectivity index (χ1v) is 8.97. The summed E-state index contributed by atoms with van der Waals surface area (Å²) in [5, 5.41) is 12.7. The molecule has 0 saturated heterocycles. The lowest BCUT2D eigenvalue weighted by Crippen LogP contribution is -2.20. The minimum atomic E-state index is -3.78. The number of hydrogen-bond acceptors (Lipinski definition) is 5. The lowest BCUT2D eigenvalue weighted by molar-refractivity contribution is 0.597. The van der Waals surface area contributed by atoms with Crippen molar-refractivity contribution in [2.45, 2.75) is 31.2 Å². The third-order valence-electron chi connectivity index (χ3n) is 3.21. The second kappa shape index (κ2) is 6.05. The van der Waals surface area contributed by atoms with E-state index in [0.29, 0.717) is 16.9 Å². The van der Waals surface area contributed by atoms with E-state index in [2.05, 4.69) is 16.8 Å². The van der Waals surface area contributed by atoms with Gasteiger partial charge in [-0.15, -0.1) is 0 Å². The lowest BCUT2D eigenvalue weighted by Gasteiger charge is -2.18. The maximum Gasteiger partial charge on any atom is 0.238 e. The highest BCUT2D eigenvalue weighted by atomic mass is 32.2. The first kappa shape index (κ1) is 15.8. The minimum Gasteiger partial charge on any atom is -0.399 e. The van der Waals surface area contributed by atoms with Crippen LogP contribution in [0.2, 0.25) is 0 Å². The summed E-state index contributed by atoms with van der Waals surface area (Å²) < 4.78 is 23.2. The second-order valence-electron chi connectivity index (χ2n) is 5.12. The molecule has 2 rings (SSSR count). The number of anilines is 2. The molecule has 0 spiro atoms. The van der Waals surface area contributed by atoms with Gasteiger partial charge in [-0.05, 0) is 60.4 Å². The van der Waals surface area contributed by atoms with E-state index in [1.54, 1.807) is 24.3 Å². The zero-order valence-corrected chi connectivity index (χ0v) is 13.6. The van der Waals surface area contributed by atoms with Gasteiger partial charge >= 0.3 is 0 Å². The van der Waals surface area contributed by atoms with Crippen LogP contribution >= 0.6 is 11.3 Å². The van der Waals surface area contributed by atoms with Crippen molar-refractivity contribution in [1.82, 2.24) is 0 Å². The zero-order chi connectivity index (χ0) is 15.6. The lowest BCUT2D eigenvalue weighted by atomic mass is 10.1. The molecule has 0 aliphatic rings. The molecule has 7 heteroatoms. The number of rotatable bonds is 5. The van der Waals surface area contributed by atoms with Crippen LogP contribution in [0.3, 0.4) is 0 Å². The summed E-state index contributed by atoms with van der Waals surface area (Å²) in [6, 6.07) is 5.34. The largest absolute Gasteiger partial charge is 0.399 e. The number of benzene rings is 1. The fourth-order valence-electron chi connectivity index (χ4n) is 2.23. The smallest absolute Gasteiger partial charge is 0.238 e. The Labute approximate surface area is 129 Å². The van der Waals surface area contributed by atoms with E-state index in [-0.39, 0.29) is 10.9 Å². The molecule has 0 fully saturated rings. The average Bonchev–Trinajstić information content (AvgIpc) is 2.84. The van der Waals surface area contributed by atoms with Gasteiger partial charge in [-0.3, -0.25) is 0 Å². The summed E-state index contributed by atoms with van der Waals surface area (Å²) in [6.45, 7) is 3.76. The molecule has 1 atom stereocenters. The Bertz CT molecular complexity index is 725. The SMILES string of the molecule is Cc1c(NC(C)Cc2ccsc2)cc(N)cc1S(N)(=O)=O. The molecule has 1 aromatic heterocycles. The predicted molar refractivity (Wildman–Crippen MR) is 88.1 cm³/mol. The first-order valence-electron chi connectivity index (χ1n) is 6.48. The normalized spacial score (nSPS) is 13.1. The third kappa shape index (κ3) is 3.96. The molecule has 2 aromatic rings. The van der Waals surface area contributed by atoms with Gasteiger partial charge in [0.2, 0.25) is 10.0 Å². The van der Waals surface area contributed by atoms with E-state index >= 15 is 0 Å². The Morgan fingerprint density at radius 2 is 2.10 bits per heavy atom. The van der Waals surface area contributed by atoms with Crippen LogP contribution < -0.4 is 16.2 Å². The van der Waals surface area contributed by atoms with Gasteiger partial charge in [0.05, 0.1) is 4.90 Å². The molecule has 21 heavy (non-hydrogen) atoms. The zero-order valence-electron chi connectivity index (χ0n) is 12.0. The van der Waals surface area contributed by atoms with E-state index < -0.39 is 10.0 Å². The topological polar surface area (TPSA) is 98.2 Å². The van der Waals surface area contributed by atoms with Crippen molar-refractivity contribution in [1.29, 1.82) is 0 Å². The van der Waals surface area contributed by atoms with Crippen LogP contribution in [0, 0.1) is 6.92 Å². The van der Waals surface area contributed by atoms with Gasteiger partial charge in [-0.1, -0.05) is 0 Å². The average molecular weight is 325 g/mol. The molecular weight excluding hydrogens is 306 g/mol. The molecule has 1 unspecified atom stereocenters. The summed E-state index contributed by atoms with van der Waals surface area (Å²) >= 11 is 1.66. The van der Waals surface area contributed by atoms with Crippen molar-refractivity contribution in [2.24, 2.45) is 5.14 Å². The summed E-state index contributed by atoms with van der Waals surface area (Å²) in [6.07, 6.45) is 0.850. The molecule has 5 N–H and O–H groups in total. The highest BCUT2D eigenvalue weighted by Crippen LogP contribution is 2.27. The third-order valence-corrected chi connectivity index (χ3v) is 4.98. The number of thiophene rings is 1. The van der Waals surface area contributed by atoms with Gasteiger partial charge in [0.15, 0.2) is 0 Å². The second-order valence-corrected chi connectivity index (χ2v) is 7.43.